The van der Waals surface area contributed by atoms with Crippen LogP contribution in [0.4, 0.5) is 0 Å². The summed E-state index contributed by atoms with van der Waals surface area (Å²) < 4.78 is 27.8. The van der Waals surface area contributed by atoms with Crippen LogP contribution in [0.25, 0.3) is 0 Å². The second-order valence-electron chi connectivity index (χ2n) is 6.39. The largest absolute Gasteiger partial charge is 0.493 e. The Bertz CT molecular complexity index is 738. The molecule has 0 aliphatic rings. The lowest BCUT2D eigenvalue weighted by atomic mass is 10.0. The average molecular weight is 406 g/mol. The van der Waals surface area contributed by atoms with Crippen LogP contribution in [0, 0.1) is 0 Å². The third kappa shape index (κ3) is 5.68. The van der Waals surface area contributed by atoms with Crippen LogP contribution in [0.1, 0.15) is 31.4 Å². The molecule has 2 aromatic carbocycles. The zero-order chi connectivity index (χ0) is 21.2. The fraction of sp³-hybridized carbons (Fsp3) is 0.455. The normalized spacial score (nSPS) is 12.8. The molecule has 0 radical (unpaired) electrons. The number of hydrogen-bond acceptors (Lipinski definition) is 7. The highest BCUT2D eigenvalue weighted by atomic mass is 16.5. The highest BCUT2D eigenvalue weighted by Gasteiger charge is 2.26. The van der Waals surface area contributed by atoms with Crippen molar-refractivity contribution < 1.29 is 33.9 Å². The monoisotopic (exact) mass is 406 g/mol. The van der Waals surface area contributed by atoms with E-state index in [2.05, 4.69) is 6.92 Å². The first-order chi connectivity index (χ1) is 14.1. The van der Waals surface area contributed by atoms with Gasteiger partial charge >= 0.3 is 0 Å². The summed E-state index contributed by atoms with van der Waals surface area (Å²) in [6.07, 6.45) is -0.166. The van der Waals surface area contributed by atoms with E-state index >= 15 is 0 Å². The van der Waals surface area contributed by atoms with Gasteiger partial charge in [-0.15, -0.1) is 0 Å². The number of para-hydroxylation sites is 2. The summed E-state index contributed by atoms with van der Waals surface area (Å²) in [6, 6.07) is 10.4. The maximum atomic E-state index is 10.9. The summed E-state index contributed by atoms with van der Waals surface area (Å²) >= 11 is 0. The molecule has 0 aliphatic carbocycles. The molecule has 160 valence electrons. The minimum absolute atomic E-state index is 0.404. The molecule has 0 aromatic heterocycles. The maximum Gasteiger partial charge on any atom is 0.203 e. The van der Waals surface area contributed by atoms with Crippen LogP contribution in [0.3, 0.4) is 0 Å². The number of rotatable bonds is 12. The van der Waals surface area contributed by atoms with Crippen molar-refractivity contribution in [2.75, 3.05) is 34.5 Å². The third-order valence-electron chi connectivity index (χ3n) is 4.45. The summed E-state index contributed by atoms with van der Waals surface area (Å²) in [7, 11) is 4.57. The van der Waals surface area contributed by atoms with E-state index in [0.717, 1.165) is 12.8 Å². The number of benzene rings is 2. The molecule has 0 heterocycles. The Morgan fingerprint density at radius 2 is 1.48 bits per heavy atom. The maximum absolute atomic E-state index is 10.9. The zero-order valence-corrected chi connectivity index (χ0v) is 17.4. The molecule has 7 nitrogen and oxygen atoms in total. The van der Waals surface area contributed by atoms with Crippen LogP contribution in [-0.4, -0.2) is 50.9 Å². The van der Waals surface area contributed by atoms with Gasteiger partial charge in [0, 0.05) is 0 Å². The Kier molecular flexibility index (Phi) is 8.89. The molecular formula is C22H30O7. The van der Waals surface area contributed by atoms with Gasteiger partial charge in [0.15, 0.2) is 29.1 Å². The molecule has 0 spiro atoms. The standard InChI is InChI=1S/C22H30O7/c1-5-6-11-28-22-18(26-3)12-15(13-19(22)27-4)21(24)20(14-23)29-17-10-8-7-9-16(17)25-2/h7-10,12-13,20-21,23-24H,5-6,11,14H2,1-4H3. The first-order valence-electron chi connectivity index (χ1n) is 9.56. The molecule has 0 amide bonds. The lowest BCUT2D eigenvalue weighted by Crippen LogP contribution is -2.29. The van der Waals surface area contributed by atoms with E-state index in [1.54, 1.807) is 30.3 Å². The minimum atomic E-state index is -1.14. The summed E-state index contributed by atoms with van der Waals surface area (Å²) in [5, 5.41) is 20.7. The van der Waals surface area contributed by atoms with Crippen molar-refractivity contribution in [2.45, 2.75) is 32.0 Å². The fourth-order valence-corrected chi connectivity index (χ4v) is 2.83. The molecule has 2 N–H and O–H groups in total. The lowest BCUT2D eigenvalue weighted by Gasteiger charge is -2.25. The molecule has 2 rings (SSSR count). The Hall–Kier alpha value is -2.64. The van der Waals surface area contributed by atoms with Crippen LogP contribution in [0.15, 0.2) is 36.4 Å². The zero-order valence-electron chi connectivity index (χ0n) is 17.4. The van der Waals surface area contributed by atoms with Crippen LogP contribution in [0.2, 0.25) is 0 Å². The molecule has 0 bridgehead atoms. The minimum Gasteiger partial charge on any atom is -0.493 e. The second kappa shape index (κ2) is 11.4. The second-order valence-corrected chi connectivity index (χ2v) is 6.39. The van der Waals surface area contributed by atoms with E-state index < -0.39 is 18.8 Å². The van der Waals surface area contributed by atoms with Crippen molar-refractivity contribution in [2.24, 2.45) is 0 Å². The fourth-order valence-electron chi connectivity index (χ4n) is 2.83. The van der Waals surface area contributed by atoms with Crippen molar-refractivity contribution in [3.63, 3.8) is 0 Å². The van der Waals surface area contributed by atoms with Crippen LogP contribution in [-0.2, 0) is 0 Å². The van der Waals surface area contributed by atoms with E-state index in [4.69, 9.17) is 23.7 Å². The molecule has 0 fully saturated rings. The third-order valence-corrected chi connectivity index (χ3v) is 4.45. The first-order valence-corrected chi connectivity index (χ1v) is 9.56. The number of unbranched alkanes of at least 4 members (excludes halogenated alkanes) is 1. The molecule has 2 aromatic rings. The average Bonchev–Trinajstić information content (AvgIpc) is 2.77. The Morgan fingerprint density at radius 1 is 0.897 bits per heavy atom. The molecule has 2 unspecified atom stereocenters. The molecule has 2 atom stereocenters. The van der Waals surface area contributed by atoms with E-state index in [0.29, 0.717) is 40.9 Å². The highest BCUT2D eigenvalue weighted by molar-refractivity contribution is 5.54. The Labute approximate surface area is 171 Å². The SMILES string of the molecule is CCCCOc1c(OC)cc(C(O)C(CO)Oc2ccccc2OC)cc1OC. The summed E-state index contributed by atoms with van der Waals surface area (Å²) in [5.41, 5.74) is 0.468. The molecule has 0 saturated heterocycles. The van der Waals surface area contributed by atoms with Crippen molar-refractivity contribution in [3.05, 3.63) is 42.0 Å². The Balaban J connectivity index is 2.30. The highest BCUT2D eigenvalue weighted by Crippen LogP contribution is 2.41. The molecule has 0 saturated carbocycles. The van der Waals surface area contributed by atoms with Gasteiger partial charge in [0.1, 0.15) is 6.10 Å². The van der Waals surface area contributed by atoms with Gasteiger partial charge < -0.3 is 33.9 Å². The van der Waals surface area contributed by atoms with Gasteiger partial charge in [0.05, 0.1) is 34.5 Å². The van der Waals surface area contributed by atoms with Crippen LogP contribution >= 0.6 is 0 Å². The predicted octanol–water partition coefficient (Wildman–Crippen LogP) is 3.36. The summed E-state index contributed by atoms with van der Waals surface area (Å²) in [5.74, 6) is 2.28. The summed E-state index contributed by atoms with van der Waals surface area (Å²) in [4.78, 5) is 0. The topological polar surface area (TPSA) is 86.6 Å². The number of ether oxygens (including phenoxy) is 5. The van der Waals surface area contributed by atoms with Crippen LogP contribution in [0.5, 0.6) is 28.7 Å². The van der Waals surface area contributed by atoms with E-state index in [9.17, 15) is 10.2 Å². The molecular weight excluding hydrogens is 376 g/mol. The smallest absolute Gasteiger partial charge is 0.203 e. The Morgan fingerprint density at radius 3 is 2.00 bits per heavy atom. The number of hydrogen-bond donors (Lipinski definition) is 2. The molecule has 0 aliphatic heterocycles. The van der Waals surface area contributed by atoms with Gasteiger partial charge in [-0.1, -0.05) is 25.5 Å². The quantitative estimate of drug-likeness (QED) is 0.523. The van der Waals surface area contributed by atoms with Crippen molar-refractivity contribution in [3.8, 4) is 28.7 Å². The van der Waals surface area contributed by atoms with Gasteiger partial charge in [-0.05, 0) is 36.2 Å². The molecule has 7 heteroatoms. The van der Waals surface area contributed by atoms with E-state index in [1.807, 2.05) is 6.07 Å². The predicted molar refractivity (Wildman–Crippen MR) is 109 cm³/mol. The number of aliphatic hydroxyl groups excluding tert-OH is 2. The van der Waals surface area contributed by atoms with Crippen molar-refractivity contribution in [1.29, 1.82) is 0 Å². The van der Waals surface area contributed by atoms with Crippen molar-refractivity contribution in [1.82, 2.24) is 0 Å². The summed E-state index contributed by atoms with van der Waals surface area (Å²) in [6.45, 7) is 2.20. The van der Waals surface area contributed by atoms with Gasteiger partial charge in [0.2, 0.25) is 5.75 Å². The van der Waals surface area contributed by atoms with Gasteiger partial charge in [0.25, 0.3) is 0 Å². The van der Waals surface area contributed by atoms with E-state index in [1.165, 1.54) is 21.3 Å². The first kappa shape index (κ1) is 22.6. The van der Waals surface area contributed by atoms with Gasteiger partial charge in [-0.3, -0.25) is 0 Å². The van der Waals surface area contributed by atoms with Gasteiger partial charge in [-0.2, -0.15) is 0 Å². The molecule has 29 heavy (non-hydrogen) atoms. The number of methoxy groups -OCH3 is 3. The van der Waals surface area contributed by atoms with Crippen molar-refractivity contribution >= 4 is 0 Å². The van der Waals surface area contributed by atoms with Gasteiger partial charge in [-0.25, -0.2) is 0 Å². The van der Waals surface area contributed by atoms with E-state index in [-0.39, 0.29) is 0 Å². The lowest BCUT2D eigenvalue weighted by molar-refractivity contribution is -0.000621. The van der Waals surface area contributed by atoms with Crippen LogP contribution < -0.4 is 23.7 Å². The number of aliphatic hydroxyl groups is 2.